The molecule has 0 fully saturated rings. The normalized spacial score (nSPS) is 10.2. The summed E-state index contributed by atoms with van der Waals surface area (Å²) in [5.41, 5.74) is 1.52. The number of nitrogens with one attached hydrogen (secondary N) is 1. The molecule has 2 rings (SSSR count). The molecule has 0 radical (unpaired) electrons. The van der Waals surface area contributed by atoms with Gasteiger partial charge in [-0.15, -0.1) is 0 Å². The number of amides is 1. The molecule has 1 heterocycles. The maximum atomic E-state index is 11.3. The minimum Gasteiger partial charge on any atom is -0.334 e. The molecule has 0 saturated heterocycles. The number of hydrogen-bond acceptors (Lipinski definition) is 4. The largest absolute Gasteiger partial charge is 0.334 e. The van der Waals surface area contributed by atoms with Gasteiger partial charge in [-0.25, -0.2) is 0 Å². The summed E-state index contributed by atoms with van der Waals surface area (Å²) in [4.78, 5) is 15.4. The summed E-state index contributed by atoms with van der Waals surface area (Å²) in [6, 6.07) is 7.31. The van der Waals surface area contributed by atoms with Crippen molar-refractivity contribution in [2.45, 2.75) is 20.3 Å². The molecule has 0 aliphatic rings. The van der Waals surface area contributed by atoms with E-state index in [0.29, 0.717) is 18.1 Å². The van der Waals surface area contributed by atoms with E-state index in [4.69, 9.17) is 4.52 Å². The molecule has 0 aliphatic heterocycles. The Balaban J connectivity index is 2.25. The quantitative estimate of drug-likeness (QED) is 0.880. The fraction of sp³-hybridized carbons (Fsp3) is 0.250. The van der Waals surface area contributed by atoms with Gasteiger partial charge in [0.25, 0.3) is 5.89 Å². The lowest BCUT2D eigenvalue weighted by molar-refractivity contribution is -0.115. The molecule has 0 saturated carbocycles. The summed E-state index contributed by atoms with van der Waals surface area (Å²) in [7, 11) is 0. The highest BCUT2D eigenvalue weighted by Crippen LogP contribution is 2.20. The van der Waals surface area contributed by atoms with Crippen LogP contribution in [0.4, 0.5) is 5.69 Å². The second-order valence-electron chi connectivity index (χ2n) is 3.63. The molecule has 0 unspecified atom stereocenters. The van der Waals surface area contributed by atoms with E-state index >= 15 is 0 Å². The van der Waals surface area contributed by atoms with Gasteiger partial charge in [0, 0.05) is 17.7 Å². The van der Waals surface area contributed by atoms with Crippen LogP contribution >= 0.6 is 0 Å². The predicted octanol–water partition coefficient (Wildman–Crippen LogP) is 2.39. The van der Waals surface area contributed by atoms with E-state index in [0.717, 1.165) is 11.3 Å². The maximum Gasteiger partial charge on any atom is 0.257 e. The van der Waals surface area contributed by atoms with Gasteiger partial charge in [0.1, 0.15) is 0 Å². The van der Waals surface area contributed by atoms with Crippen molar-refractivity contribution in [3.8, 4) is 11.5 Å². The zero-order valence-electron chi connectivity index (χ0n) is 9.73. The summed E-state index contributed by atoms with van der Waals surface area (Å²) in [5.74, 6) is 1.02. The molecule has 1 aromatic carbocycles. The molecule has 1 N–H and O–H groups in total. The van der Waals surface area contributed by atoms with E-state index in [-0.39, 0.29) is 5.91 Å². The zero-order chi connectivity index (χ0) is 12.3. The van der Waals surface area contributed by atoms with Crippen LogP contribution in [-0.4, -0.2) is 16.0 Å². The van der Waals surface area contributed by atoms with Crippen LogP contribution in [0.1, 0.15) is 19.2 Å². The molecule has 1 amide bonds. The second-order valence-corrected chi connectivity index (χ2v) is 3.63. The standard InChI is InChI=1S/C12H13N3O2/c1-3-11(16)14-10-6-4-5-9(7-10)12-13-8(2)15-17-12/h4-7H,3H2,1-2H3,(H,14,16). The van der Waals surface area contributed by atoms with Gasteiger partial charge in [-0.2, -0.15) is 4.98 Å². The first-order valence-corrected chi connectivity index (χ1v) is 5.39. The number of anilines is 1. The number of hydrogen-bond donors (Lipinski definition) is 1. The Labute approximate surface area is 98.8 Å². The van der Waals surface area contributed by atoms with E-state index in [1.165, 1.54) is 0 Å². The van der Waals surface area contributed by atoms with Crippen LogP contribution in [0.5, 0.6) is 0 Å². The van der Waals surface area contributed by atoms with E-state index in [2.05, 4.69) is 15.5 Å². The SMILES string of the molecule is CCC(=O)Nc1cccc(-c2nc(C)no2)c1. The Morgan fingerprint density at radius 1 is 1.47 bits per heavy atom. The third kappa shape index (κ3) is 2.69. The number of aromatic nitrogens is 2. The number of nitrogens with zero attached hydrogens (tertiary/aromatic N) is 2. The smallest absolute Gasteiger partial charge is 0.257 e. The molecule has 1 aromatic heterocycles. The minimum absolute atomic E-state index is 0.0242. The Morgan fingerprint density at radius 2 is 2.29 bits per heavy atom. The molecule has 5 heteroatoms. The van der Waals surface area contributed by atoms with Gasteiger partial charge >= 0.3 is 0 Å². The molecule has 0 aliphatic carbocycles. The Hall–Kier alpha value is -2.17. The minimum atomic E-state index is -0.0242. The summed E-state index contributed by atoms with van der Waals surface area (Å²) < 4.78 is 5.06. The number of carbonyl (C=O) groups is 1. The highest BCUT2D eigenvalue weighted by molar-refractivity contribution is 5.91. The second kappa shape index (κ2) is 4.78. The van der Waals surface area contributed by atoms with E-state index in [1.54, 1.807) is 19.9 Å². The lowest BCUT2D eigenvalue weighted by Gasteiger charge is -2.03. The van der Waals surface area contributed by atoms with Crippen molar-refractivity contribution >= 4 is 11.6 Å². The Morgan fingerprint density at radius 3 is 2.94 bits per heavy atom. The van der Waals surface area contributed by atoms with Gasteiger partial charge in [-0.05, 0) is 25.1 Å². The number of rotatable bonds is 3. The number of benzene rings is 1. The first kappa shape index (κ1) is 11.3. The molecule has 17 heavy (non-hydrogen) atoms. The molecular formula is C12H13N3O2. The van der Waals surface area contributed by atoms with Crippen LogP contribution in [0.2, 0.25) is 0 Å². The molecule has 0 spiro atoms. The van der Waals surface area contributed by atoms with Crippen molar-refractivity contribution in [2.24, 2.45) is 0 Å². The van der Waals surface area contributed by atoms with Crippen molar-refractivity contribution in [1.29, 1.82) is 0 Å². The lowest BCUT2D eigenvalue weighted by atomic mass is 10.2. The average molecular weight is 231 g/mol. The van der Waals surface area contributed by atoms with Crippen LogP contribution < -0.4 is 5.32 Å². The molecular weight excluding hydrogens is 218 g/mol. The van der Waals surface area contributed by atoms with Gasteiger partial charge in [-0.3, -0.25) is 4.79 Å². The fourth-order valence-corrected chi connectivity index (χ4v) is 1.39. The Bertz CT molecular complexity index is 534. The number of carbonyl (C=O) groups excluding carboxylic acids is 1. The molecule has 88 valence electrons. The van der Waals surface area contributed by atoms with E-state index < -0.39 is 0 Å². The van der Waals surface area contributed by atoms with Gasteiger partial charge in [0.05, 0.1) is 0 Å². The van der Waals surface area contributed by atoms with Crippen LogP contribution in [0.3, 0.4) is 0 Å². The molecule has 2 aromatic rings. The van der Waals surface area contributed by atoms with Crippen molar-refractivity contribution in [1.82, 2.24) is 10.1 Å². The molecule has 5 nitrogen and oxygen atoms in total. The van der Waals surface area contributed by atoms with E-state index in [1.807, 2.05) is 18.2 Å². The topological polar surface area (TPSA) is 68.0 Å². The van der Waals surface area contributed by atoms with Crippen molar-refractivity contribution < 1.29 is 9.32 Å². The highest BCUT2D eigenvalue weighted by atomic mass is 16.5. The fourth-order valence-electron chi connectivity index (χ4n) is 1.39. The van der Waals surface area contributed by atoms with Gasteiger partial charge in [-0.1, -0.05) is 18.1 Å². The van der Waals surface area contributed by atoms with Gasteiger partial charge < -0.3 is 9.84 Å². The van der Waals surface area contributed by atoms with Gasteiger partial charge in [0.2, 0.25) is 5.91 Å². The summed E-state index contributed by atoms with van der Waals surface area (Å²) >= 11 is 0. The third-order valence-electron chi connectivity index (χ3n) is 2.24. The highest BCUT2D eigenvalue weighted by Gasteiger charge is 2.07. The number of aryl methyl sites for hydroxylation is 1. The third-order valence-corrected chi connectivity index (χ3v) is 2.24. The lowest BCUT2D eigenvalue weighted by Crippen LogP contribution is -2.09. The van der Waals surface area contributed by atoms with Crippen LogP contribution in [0.15, 0.2) is 28.8 Å². The van der Waals surface area contributed by atoms with Crippen LogP contribution in [0.25, 0.3) is 11.5 Å². The Kier molecular flexibility index (Phi) is 3.18. The van der Waals surface area contributed by atoms with E-state index in [9.17, 15) is 4.79 Å². The van der Waals surface area contributed by atoms with Crippen molar-refractivity contribution in [2.75, 3.05) is 5.32 Å². The predicted molar refractivity (Wildman–Crippen MR) is 63.4 cm³/mol. The first-order valence-electron chi connectivity index (χ1n) is 5.39. The summed E-state index contributed by atoms with van der Waals surface area (Å²) in [6.45, 7) is 3.57. The monoisotopic (exact) mass is 231 g/mol. The first-order chi connectivity index (χ1) is 8.19. The van der Waals surface area contributed by atoms with Crippen molar-refractivity contribution in [3.05, 3.63) is 30.1 Å². The van der Waals surface area contributed by atoms with Crippen LogP contribution in [0, 0.1) is 6.92 Å². The van der Waals surface area contributed by atoms with Crippen molar-refractivity contribution in [3.63, 3.8) is 0 Å². The zero-order valence-corrected chi connectivity index (χ0v) is 9.73. The average Bonchev–Trinajstić information content (AvgIpc) is 2.76. The van der Waals surface area contributed by atoms with Gasteiger partial charge in [0.15, 0.2) is 5.82 Å². The summed E-state index contributed by atoms with van der Waals surface area (Å²) in [5, 5.41) is 6.51. The maximum absolute atomic E-state index is 11.3. The molecule has 0 bridgehead atoms. The summed E-state index contributed by atoms with van der Waals surface area (Å²) in [6.07, 6.45) is 0.448. The van der Waals surface area contributed by atoms with Crippen LogP contribution in [-0.2, 0) is 4.79 Å². The molecule has 0 atom stereocenters.